The number of hydrogen-bond acceptors (Lipinski definition) is 3. The molecule has 0 aromatic heterocycles. The van der Waals surface area contributed by atoms with Crippen molar-refractivity contribution in [3.05, 3.63) is 57.5 Å². The zero-order valence-electron chi connectivity index (χ0n) is 15.4. The Morgan fingerprint density at radius 3 is 2.56 bits per heavy atom. The molecule has 2 atom stereocenters. The second-order valence-electron chi connectivity index (χ2n) is 6.15. The summed E-state index contributed by atoms with van der Waals surface area (Å²) in [5.74, 6) is -0.0836. The van der Waals surface area contributed by atoms with E-state index in [1.165, 1.54) is 0 Å². The number of amides is 2. The van der Waals surface area contributed by atoms with Crippen molar-refractivity contribution in [3.63, 3.8) is 0 Å². The van der Waals surface area contributed by atoms with Crippen molar-refractivity contribution >= 4 is 45.0 Å². The van der Waals surface area contributed by atoms with Crippen molar-refractivity contribution in [3.8, 4) is 5.75 Å². The number of halogens is 2. The monoisotopic (exact) mass is 452 g/mol. The molecule has 144 valence electrons. The van der Waals surface area contributed by atoms with Crippen LogP contribution in [-0.4, -0.2) is 24.0 Å². The first-order chi connectivity index (χ1) is 12.8. The molecule has 0 saturated heterocycles. The minimum absolute atomic E-state index is 0.0470. The van der Waals surface area contributed by atoms with E-state index in [4.69, 9.17) is 16.3 Å². The van der Waals surface area contributed by atoms with Gasteiger partial charge >= 0.3 is 0 Å². The van der Waals surface area contributed by atoms with Crippen molar-refractivity contribution in [2.75, 3.05) is 5.32 Å². The van der Waals surface area contributed by atoms with E-state index in [1.54, 1.807) is 49.4 Å². The zero-order valence-corrected chi connectivity index (χ0v) is 17.7. The summed E-state index contributed by atoms with van der Waals surface area (Å²) >= 11 is 9.27. The van der Waals surface area contributed by atoms with Crippen LogP contribution in [0.15, 0.2) is 46.9 Å². The molecule has 0 heterocycles. The summed E-state index contributed by atoms with van der Waals surface area (Å²) in [5.41, 5.74) is 0.847. The number of anilines is 1. The molecule has 27 heavy (non-hydrogen) atoms. The summed E-state index contributed by atoms with van der Waals surface area (Å²) in [4.78, 5) is 25.0. The van der Waals surface area contributed by atoms with Crippen LogP contribution in [0.1, 0.15) is 37.6 Å². The Morgan fingerprint density at radius 2 is 1.89 bits per heavy atom. The third-order valence-electron chi connectivity index (χ3n) is 3.99. The van der Waals surface area contributed by atoms with E-state index in [2.05, 4.69) is 26.6 Å². The van der Waals surface area contributed by atoms with Gasteiger partial charge in [0.2, 0.25) is 0 Å². The molecule has 0 aliphatic heterocycles. The van der Waals surface area contributed by atoms with Gasteiger partial charge in [0, 0.05) is 11.1 Å². The van der Waals surface area contributed by atoms with E-state index in [1.807, 2.05) is 13.8 Å². The Hall–Kier alpha value is -2.05. The molecular formula is C20H22BrClN2O3. The lowest BCUT2D eigenvalue weighted by Gasteiger charge is -2.18. The maximum atomic E-state index is 12.5. The number of ether oxygens (including phenoxy) is 1. The fourth-order valence-corrected chi connectivity index (χ4v) is 3.02. The van der Waals surface area contributed by atoms with Gasteiger partial charge in [-0.2, -0.15) is 0 Å². The number of rotatable bonds is 7. The van der Waals surface area contributed by atoms with Crippen LogP contribution >= 0.6 is 27.5 Å². The van der Waals surface area contributed by atoms with Gasteiger partial charge in [0.05, 0.1) is 15.7 Å². The maximum Gasteiger partial charge on any atom is 0.265 e. The van der Waals surface area contributed by atoms with Crippen LogP contribution in [0.3, 0.4) is 0 Å². The molecule has 0 fully saturated rings. The average Bonchev–Trinajstić information content (AvgIpc) is 2.64. The first kappa shape index (κ1) is 21.3. The van der Waals surface area contributed by atoms with Crippen LogP contribution in [0.4, 0.5) is 5.69 Å². The highest BCUT2D eigenvalue weighted by molar-refractivity contribution is 9.10. The van der Waals surface area contributed by atoms with Gasteiger partial charge in [-0.1, -0.05) is 30.7 Å². The minimum Gasteiger partial charge on any atom is -0.480 e. The molecule has 2 rings (SSSR count). The van der Waals surface area contributed by atoms with Crippen molar-refractivity contribution in [2.24, 2.45) is 0 Å². The molecule has 0 saturated carbocycles. The minimum atomic E-state index is -0.770. The SMILES string of the molecule is CCC(C)NC(=O)c1ccccc1NC(=O)C(C)Oc1ccc(Cl)cc1Br. The number of nitrogens with one attached hydrogen (secondary N) is 2. The molecule has 0 bridgehead atoms. The molecular weight excluding hydrogens is 432 g/mol. The molecule has 2 amide bonds. The number of carbonyl (C=O) groups excluding carboxylic acids is 2. The third-order valence-corrected chi connectivity index (χ3v) is 4.84. The summed E-state index contributed by atoms with van der Waals surface area (Å²) in [7, 11) is 0. The quantitative estimate of drug-likeness (QED) is 0.617. The van der Waals surface area contributed by atoms with Gasteiger partial charge in [0.1, 0.15) is 5.75 Å². The van der Waals surface area contributed by atoms with Gasteiger partial charge in [-0.25, -0.2) is 0 Å². The average molecular weight is 454 g/mol. The van der Waals surface area contributed by atoms with Crippen LogP contribution in [0.2, 0.25) is 5.02 Å². The topological polar surface area (TPSA) is 67.4 Å². The van der Waals surface area contributed by atoms with Gasteiger partial charge in [-0.05, 0) is 66.5 Å². The Morgan fingerprint density at radius 1 is 1.19 bits per heavy atom. The Bertz CT molecular complexity index is 829. The first-order valence-electron chi connectivity index (χ1n) is 8.64. The lowest BCUT2D eigenvalue weighted by molar-refractivity contribution is -0.122. The van der Waals surface area contributed by atoms with Crippen molar-refractivity contribution in [1.29, 1.82) is 0 Å². The second-order valence-corrected chi connectivity index (χ2v) is 7.44. The third kappa shape index (κ3) is 5.97. The first-order valence-corrected chi connectivity index (χ1v) is 9.81. The highest BCUT2D eigenvalue weighted by Crippen LogP contribution is 2.29. The summed E-state index contributed by atoms with van der Waals surface area (Å²) in [6.07, 6.45) is 0.0503. The van der Waals surface area contributed by atoms with E-state index in [0.717, 1.165) is 6.42 Å². The summed E-state index contributed by atoms with van der Waals surface area (Å²) < 4.78 is 6.35. The molecule has 2 aromatic carbocycles. The molecule has 7 heteroatoms. The summed E-state index contributed by atoms with van der Waals surface area (Å²) in [6.45, 7) is 5.56. The second kappa shape index (κ2) is 9.76. The van der Waals surface area contributed by atoms with Crippen molar-refractivity contribution in [2.45, 2.75) is 39.3 Å². The molecule has 5 nitrogen and oxygen atoms in total. The van der Waals surface area contributed by atoms with E-state index >= 15 is 0 Å². The number of carbonyl (C=O) groups is 2. The van der Waals surface area contributed by atoms with Gasteiger partial charge < -0.3 is 15.4 Å². The van der Waals surface area contributed by atoms with Crippen LogP contribution in [0, 0.1) is 0 Å². The van der Waals surface area contributed by atoms with Crippen molar-refractivity contribution in [1.82, 2.24) is 5.32 Å². The highest BCUT2D eigenvalue weighted by atomic mass is 79.9. The smallest absolute Gasteiger partial charge is 0.265 e. The summed E-state index contributed by atoms with van der Waals surface area (Å²) in [6, 6.07) is 12.0. The van der Waals surface area contributed by atoms with Crippen LogP contribution in [0.5, 0.6) is 5.75 Å². The molecule has 0 radical (unpaired) electrons. The van der Waals surface area contributed by atoms with Gasteiger partial charge in [0.25, 0.3) is 11.8 Å². The highest BCUT2D eigenvalue weighted by Gasteiger charge is 2.19. The lowest BCUT2D eigenvalue weighted by Crippen LogP contribution is -2.34. The van der Waals surface area contributed by atoms with E-state index in [-0.39, 0.29) is 17.9 Å². The van der Waals surface area contributed by atoms with E-state index in [9.17, 15) is 9.59 Å². The molecule has 2 aromatic rings. The summed E-state index contributed by atoms with van der Waals surface area (Å²) in [5, 5.41) is 6.23. The molecule has 2 unspecified atom stereocenters. The Kier molecular flexibility index (Phi) is 7.68. The molecule has 0 aliphatic rings. The largest absolute Gasteiger partial charge is 0.480 e. The van der Waals surface area contributed by atoms with E-state index < -0.39 is 6.10 Å². The van der Waals surface area contributed by atoms with Crippen LogP contribution in [-0.2, 0) is 4.79 Å². The molecule has 0 aliphatic carbocycles. The number of hydrogen-bond donors (Lipinski definition) is 2. The number of para-hydroxylation sites is 1. The predicted molar refractivity (Wildman–Crippen MR) is 112 cm³/mol. The maximum absolute atomic E-state index is 12.5. The van der Waals surface area contributed by atoms with Gasteiger partial charge in [0.15, 0.2) is 6.10 Å². The molecule has 0 spiro atoms. The lowest BCUT2D eigenvalue weighted by atomic mass is 10.1. The number of benzene rings is 2. The van der Waals surface area contributed by atoms with E-state index in [0.29, 0.717) is 26.5 Å². The zero-order chi connectivity index (χ0) is 20.0. The normalized spacial score (nSPS) is 12.8. The fraction of sp³-hybridized carbons (Fsp3) is 0.300. The fourth-order valence-electron chi connectivity index (χ4n) is 2.24. The van der Waals surface area contributed by atoms with Gasteiger partial charge in [-0.3, -0.25) is 9.59 Å². The van der Waals surface area contributed by atoms with Crippen LogP contribution < -0.4 is 15.4 Å². The Balaban J connectivity index is 2.09. The molecule has 2 N–H and O–H groups in total. The van der Waals surface area contributed by atoms with Crippen molar-refractivity contribution < 1.29 is 14.3 Å². The standard InChI is InChI=1S/C20H22BrClN2O3/c1-4-12(2)23-20(26)15-7-5-6-8-17(15)24-19(25)13(3)27-18-10-9-14(22)11-16(18)21/h5-13H,4H2,1-3H3,(H,23,26)(H,24,25). The van der Waals surface area contributed by atoms with Crippen LogP contribution in [0.25, 0.3) is 0 Å². The predicted octanol–water partition coefficient (Wildman–Crippen LogP) is 5.04. The Labute approximate surface area is 172 Å². The van der Waals surface area contributed by atoms with Gasteiger partial charge in [-0.15, -0.1) is 0 Å².